The highest BCUT2D eigenvalue weighted by Gasteiger charge is 2.31. The van der Waals surface area contributed by atoms with Gasteiger partial charge < -0.3 is 30.0 Å². The van der Waals surface area contributed by atoms with Crippen molar-refractivity contribution < 1.29 is 33.7 Å². The number of carbonyl (C=O) groups is 2. The zero-order chi connectivity index (χ0) is 30.4. The Morgan fingerprint density at radius 2 is 1.43 bits per heavy atom. The molecule has 3 aromatic carbocycles. The predicted molar refractivity (Wildman–Crippen MR) is 155 cm³/mol. The summed E-state index contributed by atoms with van der Waals surface area (Å²) in [5.41, 5.74) is 3.84. The predicted octanol–water partition coefficient (Wildman–Crippen LogP) is 5.12. The van der Waals surface area contributed by atoms with Crippen LogP contribution >= 0.6 is 0 Å². The number of aromatic nitrogens is 1. The van der Waals surface area contributed by atoms with Gasteiger partial charge in [-0.05, 0) is 78.4 Å². The Bertz CT molecular complexity index is 1520. The van der Waals surface area contributed by atoms with Crippen molar-refractivity contribution in [2.45, 2.75) is 57.8 Å². The van der Waals surface area contributed by atoms with E-state index in [1.54, 1.807) is 48.5 Å². The second-order valence-corrected chi connectivity index (χ2v) is 10.5. The van der Waals surface area contributed by atoms with E-state index in [2.05, 4.69) is 5.32 Å². The zero-order valence-electron chi connectivity index (χ0n) is 23.4. The highest BCUT2D eigenvalue weighted by atomic mass is 19.1. The molecule has 4 rings (SSSR count). The molecule has 1 amide bonds. The number of nitrogens with zero attached hydrogens (tertiary/aromatic N) is 1. The molecule has 0 saturated heterocycles. The maximum absolute atomic E-state index is 14.0. The van der Waals surface area contributed by atoms with Crippen LogP contribution in [-0.4, -0.2) is 38.9 Å². The number of rotatable bonds is 12. The molecule has 0 saturated carbocycles. The van der Waals surface area contributed by atoms with Crippen LogP contribution in [0.5, 0.6) is 0 Å². The molecular weight excluding hydrogens is 542 g/mol. The zero-order valence-corrected chi connectivity index (χ0v) is 23.4. The van der Waals surface area contributed by atoms with Gasteiger partial charge in [0.1, 0.15) is 11.6 Å². The average Bonchev–Trinajstić information content (AvgIpc) is 3.28. The fourth-order valence-electron chi connectivity index (χ4n) is 5.21. The van der Waals surface area contributed by atoms with Gasteiger partial charge in [-0.25, -0.2) is 8.78 Å². The van der Waals surface area contributed by atoms with Crippen LogP contribution in [0.3, 0.4) is 0 Å². The van der Waals surface area contributed by atoms with Crippen molar-refractivity contribution in [3.05, 3.63) is 102 Å². The summed E-state index contributed by atoms with van der Waals surface area (Å²) in [6.45, 7) is 4.04. The molecule has 0 bridgehead atoms. The monoisotopic (exact) mass is 575 g/mol. The number of carbonyl (C=O) groups excluding carboxylic acids is 2. The third-order valence-electron chi connectivity index (χ3n) is 6.99. The summed E-state index contributed by atoms with van der Waals surface area (Å²) in [7, 11) is 0. The summed E-state index contributed by atoms with van der Waals surface area (Å²) in [5, 5.41) is 34.5. The molecule has 0 aliphatic heterocycles. The lowest BCUT2D eigenvalue weighted by molar-refractivity contribution is -0.307. The van der Waals surface area contributed by atoms with E-state index in [0.29, 0.717) is 39.3 Å². The summed E-state index contributed by atoms with van der Waals surface area (Å²) >= 11 is 0. The van der Waals surface area contributed by atoms with Crippen molar-refractivity contribution in [1.29, 1.82) is 0 Å². The van der Waals surface area contributed by atoms with Crippen LogP contribution in [0.2, 0.25) is 0 Å². The van der Waals surface area contributed by atoms with Crippen molar-refractivity contribution in [2.75, 3.05) is 5.32 Å². The molecular formula is C33H33F2N2O5-. The Hall–Kier alpha value is -4.34. The fourth-order valence-corrected chi connectivity index (χ4v) is 5.21. The van der Waals surface area contributed by atoms with E-state index in [0.717, 1.165) is 0 Å². The first kappa shape index (κ1) is 30.6. The van der Waals surface area contributed by atoms with Gasteiger partial charge in [-0.2, -0.15) is 0 Å². The molecule has 7 nitrogen and oxygen atoms in total. The van der Waals surface area contributed by atoms with Gasteiger partial charge in [-0.3, -0.25) is 4.79 Å². The Kier molecular flexibility index (Phi) is 9.88. The maximum atomic E-state index is 14.0. The molecule has 0 spiro atoms. The SMILES string of the molecule is CC(C)c1c(C(=O)Nc2ccccc2)c(-c2ccc(F)cc2)c(-c2ccc(F)cc2)n1CC[C@@H](O)C[C@@H](O)CC(=O)[O-]. The molecule has 1 aromatic heterocycles. The highest BCUT2D eigenvalue weighted by Crippen LogP contribution is 2.42. The van der Waals surface area contributed by atoms with E-state index in [-0.39, 0.29) is 25.3 Å². The Balaban J connectivity index is 1.91. The van der Waals surface area contributed by atoms with Crippen LogP contribution in [-0.2, 0) is 11.3 Å². The van der Waals surface area contributed by atoms with E-state index >= 15 is 0 Å². The average molecular weight is 576 g/mol. The second kappa shape index (κ2) is 13.5. The van der Waals surface area contributed by atoms with E-state index < -0.39 is 42.1 Å². The molecule has 4 aromatic rings. The lowest BCUT2D eigenvalue weighted by atomic mass is 9.94. The van der Waals surface area contributed by atoms with Gasteiger partial charge in [0.2, 0.25) is 0 Å². The number of aliphatic hydroxyl groups is 2. The standard InChI is InChI=1S/C33H34F2N2O5/c1-20(2)31-30(33(42)36-25-6-4-3-5-7-25)29(21-8-12-23(34)13-9-21)32(22-10-14-24(35)15-11-22)37(31)17-16-26(38)18-27(39)19-28(40)41/h3-15,20,26-27,38-39H,16-19H2,1-2H3,(H,36,42)(H,40,41)/p-1/t26-,27-/m1/s1. The normalized spacial score (nSPS) is 12.7. The Labute approximate surface area is 243 Å². The minimum absolute atomic E-state index is 0.120. The largest absolute Gasteiger partial charge is 0.550 e. The quantitative estimate of drug-likeness (QED) is 0.217. The van der Waals surface area contributed by atoms with Crippen LogP contribution < -0.4 is 10.4 Å². The third kappa shape index (κ3) is 7.29. The Morgan fingerprint density at radius 3 is 1.98 bits per heavy atom. The number of anilines is 1. The molecule has 0 radical (unpaired) electrons. The smallest absolute Gasteiger partial charge is 0.258 e. The lowest BCUT2D eigenvalue weighted by Crippen LogP contribution is -2.29. The van der Waals surface area contributed by atoms with Crippen molar-refractivity contribution in [2.24, 2.45) is 0 Å². The first-order chi connectivity index (χ1) is 20.0. The van der Waals surface area contributed by atoms with E-state index in [1.807, 2.05) is 24.5 Å². The van der Waals surface area contributed by atoms with Crippen molar-refractivity contribution in [1.82, 2.24) is 4.57 Å². The summed E-state index contributed by atoms with van der Waals surface area (Å²) in [6, 6.07) is 20.5. The number of benzene rings is 3. The van der Waals surface area contributed by atoms with Gasteiger partial charge in [0.05, 0.1) is 23.5 Å². The summed E-state index contributed by atoms with van der Waals surface area (Å²) in [6.07, 6.45) is -2.99. The van der Waals surface area contributed by atoms with Gasteiger partial charge in [-0.15, -0.1) is 0 Å². The number of halogens is 2. The number of aliphatic carboxylic acids is 1. The lowest BCUT2D eigenvalue weighted by Gasteiger charge is -2.20. The third-order valence-corrected chi connectivity index (χ3v) is 6.99. The van der Waals surface area contributed by atoms with Crippen LogP contribution in [0, 0.1) is 11.6 Å². The molecule has 1 heterocycles. The van der Waals surface area contributed by atoms with Crippen LogP contribution in [0.15, 0.2) is 78.9 Å². The number of nitrogens with one attached hydrogen (secondary N) is 1. The molecule has 9 heteroatoms. The number of hydrogen-bond acceptors (Lipinski definition) is 5. The number of carboxylic acids is 1. The van der Waals surface area contributed by atoms with Gasteiger partial charge >= 0.3 is 0 Å². The molecule has 220 valence electrons. The topological polar surface area (TPSA) is 115 Å². The van der Waals surface area contributed by atoms with Crippen LogP contribution in [0.4, 0.5) is 14.5 Å². The number of aliphatic hydroxyl groups excluding tert-OH is 2. The number of carboxylic acid groups (broad SMARTS) is 1. The first-order valence-corrected chi connectivity index (χ1v) is 13.8. The van der Waals surface area contributed by atoms with Crippen molar-refractivity contribution in [3.63, 3.8) is 0 Å². The van der Waals surface area contributed by atoms with Crippen molar-refractivity contribution >= 4 is 17.6 Å². The molecule has 0 fully saturated rings. The molecule has 2 atom stereocenters. The van der Waals surface area contributed by atoms with Crippen LogP contribution in [0.25, 0.3) is 22.4 Å². The van der Waals surface area contributed by atoms with E-state index in [9.17, 15) is 33.7 Å². The summed E-state index contributed by atoms with van der Waals surface area (Å²) < 4.78 is 29.9. The van der Waals surface area contributed by atoms with Crippen molar-refractivity contribution in [3.8, 4) is 22.4 Å². The summed E-state index contributed by atoms with van der Waals surface area (Å²) in [5.74, 6) is -2.89. The van der Waals surface area contributed by atoms with E-state index in [4.69, 9.17) is 0 Å². The first-order valence-electron chi connectivity index (χ1n) is 13.8. The second-order valence-electron chi connectivity index (χ2n) is 10.5. The Morgan fingerprint density at radius 1 is 0.857 bits per heavy atom. The number of hydrogen-bond donors (Lipinski definition) is 3. The molecule has 3 N–H and O–H groups in total. The van der Waals surface area contributed by atoms with Gasteiger partial charge in [0.25, 0.3) is 5.91 Å². The molecule has 0 aliphatic rings. The minimum atomic E-state index is -1.42. The maximum Gasteiger partial charge on any atom is 0.258 e. The van der Waals surface area contributed by atoms with Gasteiger partial charge in [-0.1, -0.05) is 44.2 Å². The molecule has 0 unspecified atom stereocenters. The molecule has 42 heavy (non-hydrogen) atoms. The molecule has 0 aliphatic carbocycles. The van der Waals surface area contributed by atoms with Crippen LogP contribution in [0.1, 0.15) is 55.1 Å². The number of amides is 1. The highest BCUT2D eigenvalue weighted by molar-refractivity contribution is 6.12. The minimum Gasteiger partial charge on any atom is -0.550 e. The van der Waals surface area contributed by atoms with E-state index in [1.165, 1.54) is 24.3 Å². The summed E-state index contributed by atoms with van der Waals surface area (Å²) in [4.78, 5) is 24.9. The number of para-hydroxylation sites is 1. The van der Waals surface area contributed by atoms with Gasteiger partial charge in [0, 0.05) is 35.9 Å². The fraction of sp³-hybridized carbons (Fsp3) is 0.273. The van der Waals surface area contributed by atoms with Gasteiger partial charge in [0.15, 0.2) is 0 Å².